The lowest BCUT2D eigenvalue weighted by atomic mass is 9.93. The van der Waals surface area contributed by atoms with Gasteiger partial charge in [0.1, 0.15) is 16.8 Å². The number of aryl methyl sites for hydroxylation is 1. The molecule has 10 nitrogen and oxygen atoms in total. The summed E-state index contributed by atoms with van der Waals surface area (Å²) in [5.74, 6) is 2.08. The zero-order chi connectivity index (χ0) is 24.1. The lowest BCUT2D eigenvalue weighted by Crippen LogP contribution is -2.27. The van der Waals surface area contributed by atoms with Crippen molar-refractivity contribution in [1.82, 2.24) is 30.0 Å². The Kier molecular flexibility index (Phi) is 7.79. The zero-order valence-corrected chi connectivity index (χ0v) is 20.3. The van der Waals surface area contributed by atoms with Crippen LogP contribution in [0.5, 0.6) is 5.75 Å². The van der Waals surface area contributed by atoms with Gasteiger partial charge in [-0.2, -0.15) is 10.1 Å². The van der Waals surface area contributed by atoms with Gasteiger partial charge in [0.2, 0.25) is 5.95 Å². The van der Waals surface area contributed by atoms with E-state index in [-0.39, 0.29) is 18.6 Å². The van der Waals surface area contributed by atoms with Crippen LogP contribution < -0.4 is 21.1 Å². The fraction of sp³-hybridized carbons (Fsp3) is 0.583. The van der Waals surface area contributed by atoms with E-state index in [0.29, 0.717) is 30.2 Å². The molecule has 5 N–H and O–H groups in total. The van der Waals surface area contributed by atoms with Crippen LogP contribution in [0, 0.1) is 6.92 Å². The lowest BCUT2D eigenvalue weighted by Gasteiger charge is -2.23. The molecule has 0 radical (unpaired) electrons. The van der Waals surface area contributed by atoms with Crippen LogP contribution in [-0.4, -0.2) is 62.7 Å². The number of hydrogen-bond acceptors (Lipinski definition) is 9. The maximum Gasteiger partial charge on any atom is 0.222 e. The monoisotopic (exact) mass is 468 g/mol. The van der Waals surface area contributed by atoms with Gasteiger partial charge in [0.05, 0.1) is 19.3 Å². The topological polar surface area (TPSA) is 136 Å². The third-order valence-electron chi connectivity index (χ3n) is 6.49. The van der Waals surface area contributed by atoms with E-state index in [2.05, 4.69) is 33.6 Å². The number of piperidine rings is 1. The van der Waals surface area contributed by atoms with Gasteiger partial charge >= 0.3 is 0 Å². The number of hydrogen-bond donors (Lipinski definition) is 4. The zero-order valence-electron chi connectivity index (χ0n) is 20.3. The minimum Gasteiger partial charge on any atom is -0.496 e. The van der Waals surface area contributed by atoms with E-state index in [1.54, 1.807) is 7.11 Å². The van der Waals surface area contributed by atoms with Crippen molar-refractivity contribution in [1.29, 1.82) is 0 Å². The van der Waals surface area contributed by atoms with Gasteiger partial charge in [-0.25, -0.2) is 4.98 Å². The number of nitrogens with zero attached hydrogens (tertiary/aromatic N) is 5. The number of nitrogens with two attached hydrogens (primary N) is 1. The first-order valence-electron chi connectivity index (χ1n) is 12.2. The Bertz CT molecular complexity index is 1100. The summed E-state index contributed by atoms with van der Waals surface area (Å²) < 4.78 is 7.64. The average Bonchev–Trinajstić information content (AvgIpc) is 3.15. The summed E-state index contributed by atoms with van der Waals surface area (Å²) in [5.41, 5.74) is 10.3. The molecule has 1 fully saturated rings. The number of nitrogen functional groups attached to an aromatic ring is 1. The van der Waals surface area contributed by atoms with Crippen molar-refractivity contribution in [3.05, 3.63) is 29.2 Å². The Hall–Kier alpha value is -2.98. The maximum atomic E-state index is 9.50. The van der Waals surface area contributed by atoms with Crippen LogP contribution in [0.1, 0.15) is 61.9 Å². The van der Waals surface area contributed by atoms with Crippen LogP contribution >= 0.6 is 0 Å². The minimum absolute atomic E-state index is 0.0802. The molecule has 0 aromatic carbocycles. The van der Waals surface area contributed by atoms with Crippen molar-refractivity contribution in [3.8, 4) is 5.75 Å². The normalized spacial score (nSPS) is 15.5. The Morgan fingerprint density at radius 2 is 2.09 bits per heavy atom. The molecular weight excluding hydrogens is 432 g/mol. The molecule has 34 heavy (non-hydrogen) atoms. The van der Waals surface area contributed by atoms with Gasteiger partial charge in [-0.15, -0.1) is 0 Å². The number of aliphatic hydroxyl groups is 1. The van der Waals surface area contributed by atoms with Gasteiger partial charge in [0.15, 0.2) is 5.82 Å². The Morgan fingerprint density at radius 1 is 1.29 bits per heavy atom. The molecule has 0 spiro atoms. The number of aliphatic hydroxyl groups excluding tert-OH is 1. The predicted octanol–water partition coefficient (Wildman–Crippen LogP) is 2.60. The van der Waals surface area contributed by atoms with E-state index < -0.39 is 0 Å². The average molecular weight is 469 g/mol. The van der Waals surface area contributed by atoms with Crippen molar-refractivity contribution in [2.24, 2.45) is 0 Å². The van der Waals surface area contributed by atoms with Crippen molar-refractivity contribution in [2.45, 2.75) is 64.5 Å². The summed E-state index contributed by atoms with van der Waals surface area (Å²) in [6.45, 7) is 6.64. The molecule has 0 amide bonds. The van der Waals surface area contributed by atoms with E-state index in [1.807, 2.05) is 17.8 Å². The Morgan fingerprint density at radius 3 is 2.79 bits per heavy atom. The molecule has 0 bridgehead atoms. The summed E-state index contributed by atoms with van der Waals surface area (Å²) in [6.07, 6.45) is 6.59. The van der Waals surface area contributed by atoms with E-state index in [1.165, 1.54) is 0 Å². The quantitative estimate of drug-likeness (QED) is 0.354. The Labute approximate surface area is 200 Å². The fourth-order valence-corrected chi connectivity index (χ4v) is 4.74. The van der Waals surface area contributed by atoms with E-state index in [4.69, 9.17) is 20.6 Å². The molecule has 1 atom stereocenters. The van der Waals surface area contributed by atoms with Gasteiger partial charge < -0.3 is 26.2 Å². The molecule has 10 heteroatoms. The third-order valence-corrected chi connectivity index (χ3v) is 6.49. The molecule has 1 saturated heterocycles. The number of methoxy groups -OCH3 is 1. The molecule has 4 heterocycles. The van der Waals surface area contributed by atoms with Crippen molar-refractivity contribution >= 4 is 22.8 Å². The molecule has 3 aromatic rings. The summed E-state index contributed by atoms with van der Waals surface area (Å²) in [5, 5.41) is 21.1. The molecule has 1 aliphatic heterocycles. The van der Waals surface area contributed by atoms with Crippen LogP contribution in [-0.2, 0) is 6.54 Å². The summed E-state index contributed by atoms with van der Waals surface area (Å²) in [6, 6.07) is 2.15. The van der Waals surface area contributed by atoms with Crippen molar-refractivity contribution in [2.75, 3.05) is 37.9 Å². The lowest BCUT2D eigenvalue weighted by molar-refractivity contribution is 0.276. The maximum absolute atomic E-state index is 9.50. The predicted molar refractivity (Wildman–Crippen MR) is 133 cm³/mol. The highest BCUT2D eigenvalue weighted by Crippen LogP contribution is 2.31. The molecule has 0 aliphatic carbocycles. The standard InChI is InChI=1S/C24H36N8O2/c1-4-5-18(8-11-33)28-23-22-21(29-24(25)30-23)15(2)31-32(22)14-17-13-27-19(12-20(17)34-3)16-6-9-26-10-7-16/h12-13,16,18,26,33H,4-11,14H2,1-3H3,(H3,25,28,29,30). The number of aromatic nitrogens is 5. The molecule has 1 unspecified atom stereocenters. The summed E-state index contributed by atoms with van der Waals surface area (Å²) in [7, 11) is 1.69. The SMILES string of the molecule is CCCC(CCO)Nc1nc(N)nc2c(C)nn(Cc3cnc(C4CCNCC4)cc3OC)c12. The number of anilines is 2. The highest BCUT2D eigenvalue weighted by Gasteiger charge is 2.21. The summed E-state index contributed by atoms with van der Waals surface area (Å²) in [4.78, 5) is 13.7. The van der Waals surface area contributed by atoms with Crippen LogP contribution in [0.2, 0.25) is 0 Å². The molecule has 3 aromatic heterocycles. The highest BCUT2D eigenvalue weighted by atomic mass is 16.5. The molecule has 0 saturated carbocycles. The van der Waals surface area contributed by atoms with Gasteiger partial charge in [-0.3, -0.25) is 9.67 Å². The first-order valence-corrected chi connectivity index (χ1v) is 12.2. The van der Waals surface area contributed by atoms with E-state index in [0.717, 1.165) is 67.0 Å². The molecule has 184 valence electrons. The number of ether oxygens (including phenoxy) is 1. The first kappa shape index (κ1) is 24.2. The Balaban J connectivity index is 1.69. The van der Waals surface area contributed by atoms with Crippen LogP contribution in [0.3, 0.4) is 0 Å². The number of nitrogens with one attached hydrogen (secondary N) is 2. The number of pyridine rings is 1. The molecular formula is C24H36N8O2. The van der Waals surface area contributed by atoms with Gasteiger partial charge in [-0.1, -0.05) is 13.3 Å². The third kappa shape index (κ3) is 5.23. The van der Waals surface area contributed by atoms with Gasteiger partial charge in [0.25, 0.3) is 0 Å². The van der Waals surface area contributed by atoms with Gasteiger partial charge in [-0.05, 0) is 45.7 Å². The highest BCUT2D eigenvalue weighted by molar-refractivity contribution is 5.88. The van der Waals surface area contributed by atoms with Crippen molar-refractivity contribution in [3.63, 3.8) is 0 Å². The van der Waals surface area contributed by atoms with Gasteiger partial charge in [0, 0.05) is 42.1 Å². The number of rotatable bonds is 10. The fourth-order valence-electron chi connectivity index (χ4n) is 4.74. The second kappa shape index (κ2) is 11.0. The van der Waals surface area contributed by atoms with Crippen LogP contribution in [0.25, 0.3) is 11.0 Å². The number of fused-ring (bicyclic) bond motifs is 1. The van der Waals surface area contributed by atoms with E-state index in [9.17, 15) is 5.11 Å². The second-order valence-electron chi connectivity index (χ2n) is 8.96. The minimum atomic E-state index is 0.0802. The molecule has 1 aliphatic rings. The molecule has 4 rings (SSSR count). The first-order chi connectivity index (χ1) is 16.5. The van der Waals surface area contributed by atoms with Crippen molar-refractivity contribution < 1.29 is 9.84 Å². The van der Waals surface area contributed by atoms with E-state index >= 15 is 0 Å². The largest absolute Gasteiger partial charge is 0.496 e. The summed E-state index contributed by atoms with van der Waals surface area (Å²) >= 11 is 0. The van der Waals surface area contributed by atoms with Crippen LogP contribution in [0.4, 0.5) is 11.8 Å². The smallest absolute Gasteiger partial charge is 0.222 e. The second-order valence-corrected chi connectivity index (χ2v) is 8.96. The van der Waals surface area contributed by atoms with Crippen LogP contribution in [0.15, 0.2) is 12.3 Å².